The second-order valence-electron chi connectivity index (χ2n) is 2.48. The van der Waals surface area contributed by atoms with E-state index in [2.05, 4.69) is 6.07 Å². The number of thioether (sulfide) groups is 1. The van der Waals surface area contributed by atoms with Gasteiger partial charge < -0.3 is 9.84 Å². The molecule has 0 spiro atoms. The van der Waals surface area contributed by atoms with Gasteiger partial charge in [-0.1, -0.05) is 0 Å². The lowest BCUT2D eigenvalue weighted by Crippen LogP contribution is -2.31. The number of rotatable bonds is 3. The maximum atomic E-state index is 8.77. The van der Waals surface area contributed by atoms with Gasteiger partial charge in [-0.05, 0) is 12.2 Å². The number of nitrogens with zero attached hydrogens (tertiary/aromatic N) is 1. The molecule has 1 heterocycles. The molecule has 1 aliphatic rings. The normalized spacial score (nSPS) is 30.2. The lowest BCUT2D eigenvalue weighted by Gasteiger charge is -2.18. The fraction of sp³-hybridized carbons (Fsp3) is 0.857. The first kappa shape index (κ1) is 8.85. The SMILES string of the molecule is N#CC1(OCCO)CCSC1. The van der Waals surface area contributed by atoms with Crippen LogP contribution in [0.25, 0.3) is 0 Å². The average molecular weight is 173 g/mol. The summed E-state index contributed by atoms with van der Waals surface area (Å²) in [7, 11) is 0. The molecule has 0 saturated carbocycles. The molecule has 1 atom stereocenters. The zero-order valence-electron chi connectivity index (χ0n) is 6.25. The van der Waals surface area contributed by atoms with Crippen LogP contribution in [-0.2, 0) is 4.74 Å². The van der Waals surface area contributed by atoms with Crippen LogP contribution in [0.2, 0.25) is 0 Å². The maximum absolute atomic E-state index is 8.77. The van der Waals surface area contributed by atoms with Gasteiger partial charge in [-0.3, -0.25) is 0 Å². The monoisotopic (exact) mass is 173 g/mol. The van der Waals surface area contributed by atoms with Crippen molar-refractivity contribution in [3.8, 4) is 6.07 Å². The van der Waals surface area contributed by atoms with Crippen LogP contribution in [0.4, 0.5) is 0 Å². The van der Waals surface area contributed by atoms with Crippen molar-refractivity contribution in [1.82, 2.24) is 0 Å². The van der Waals surface area contributed by atoms with Gasteiger partial charge in [-0.25, -0.2) is 0 Å². The number of hydrogen-bond acceptors (Lipinski definition) is 4. The summed E-state index contributed by atoms with van der Waals surface area (Å²) < 4.78 is 5.26. The zero-order valence-corrected chi connectivity index (χ0v) is 7.06. The Labute approximate surface area is 70.3 Å². The molecule has 0 aromatic heterocycles. The second-order valence-corrected chi connectivity index (χ2v) is 3.59. The lowest BCUT2D eigenvalue weighted by atomic mass is 10.1. The Bertz CT molecular complexity index is 160. The molecule has 0 bridgehead atoms. The second kappa shape index (κ2) is 3.96. The third-order valence-corrected chi connectivity index (χ3v) is 2.82. The van der Waals surface area contributed by atoms with Crippen LogP contribution in [0, 0.1) is 11.3 Å². The first-order chi connectivity index (χ1) is 5.33. The molecule has 3 nitrogen and oxygen atoms in total. The van der Waals surface area contributed by atoms with E-state index in [1.807, 2.05) is 0 Å². The van der Waals surface area contributed by atoms with Gasteiger partial charge in [-0.15, -0.1) is 0 Å². The van der Waals surface area contributed by atoms with E-state index in [0.29, 0.717) is 0 Å². The van der Waals surface area contributed by atoms with Crippen molar-refractivity contribution in [2.24, 2.45) is 0 Å². The lowest BCUT2D eigenvalue weighted by molar-refractivity contribution is -0.00218. The van der Waals surface area contributed by atoms with E-state index < -0.39 is 5.60 Å². The number of aliphatic hydroxyl groups excluding tert-OH is 1. The third kappa shape index (κ3) is 2.09. The molecule has 4 heteroatoms. The van der Waals surface area contributed by atoms with E-state index >= 15 is 0 Å². The molecular formula is C7H11NO2S. The predicted octanol–water partition coefficient (Wildman–Crippen LogP) is 0.395. The highest BCUT2D eigenvalue weighted by molar-refractivity contribution is 7.99. The molecule has 0 aromatic rings. The summed E-state index contributed by atoms with van der Waals surface area (Å²) >= 11 is 1.73. The summed E-state index contributed by atoms with van der Waals surface area (Å²) in [5.41, 5.74) is -0.604. The van der Waals surface area contributed by atoms with Crippen LogP contribution < -0.4 is 0 Å². The highest BCUT2D eigenvalue weighted by Gasteiger charge is 2.35. The van der Waals surface area contributed by atoms with Crippen LogP contribution in [0.15, 0.2) is 0 Å². The van der Waals surface area contributed by atoms with Gasteiger partial charge in [0.05, 0.1) is 19.3 Å². The van der Waals surface area contributed by atoms with E-state index in [9.17, 15) is 0 Å². The summed E-state index contributed by atoms with van der Waals surface area (Å²) in [4.78, 5) is 0. The summed E-state index contributed by atoms with van der Waals surface area (Å²) in [5.74, 6) is 1.72. The molecule has 1 rings (SSSR count). The van der Waals surface area contributed by atoms with Crippen LogP contribution in [-0.4, -0.2) is 35.4 Å². The molecular weight excluding hydrogens is 162 g/mol. The molecule has 0 aromatic carbocycles. The summed E-state index contributed by atoms with van der Waals surface area (Å²) in [6.45, 7) is 0.266. The van der Waals surface area contributed by atoms with E-state index in [-0.39, 0.29) is 13.2 Å². The number of nitriles is 1. The Morgan fingerprint density at radius 2 is 2.55 bits per heavy atom. The van der Waals surface area contributed by atoms with Gasteiger partial charge in [0.25, 0.3) is 0 Å². The summed E-state index contributed by atoms with van der Waals surface area (Å²) in [5, 5.41) is 17.3. The minimum absolute atomic E-state index is 0.00586. The van der Waals surface area contributed by atoms with Gasteiger partial charge in [0.2, 0.25) is 0 Å². The average Bonchev–Trinajstić information content (AvgIpc) is 2.50. The third-order valence-electron chi connectivity index (χ3n) is 1.66. The van der Waals surface area contributed by atoms with Crippen LogP contribution in [0.3, 0.4) is 0 Å². The van der Waals surface area contributed by atoms with Crippen molar-refractivity contribution in [2.75, 3.05) is 24.7 Å². The van der Waals surface area contributed by atoms with Crippen molar-refractivity contribution in [1.29, 1.82) is 5.26 Å². The quantitative estimate of drug-likeness (QED) is 0.671. The Balaban J connectivity index is 2.41. The largest absolute Gasteiger partial charge is 0.394 e. The molecule has 62 valence electrons. The van der Waals surface area contributed by atoms with Gasteiger partial charge in [0.1, 0.15) is 0 Å². The molecule has 0 aliphatic carbocycles. The van der Waals surface area contributed by atoms with E-state index in [0.717, 1.165) is 17.9 Å². The Morgan fingerprint density at radius 1 is 1.73 bits per heavy atom. The van der Waals surface area contributed by atoms with Gasteiger partial charge in [-0.2, -0.15) is 17.0 Å². The van der Waals surface area contributed by atoms with E-state index in [1.54, 1.807) is 11.8 Å². The Kier molecular flexibility index (Phi) is 3.18. The van der Waals surface area contributed by atoms with Crippen molar-refractivity contribution < 1.29 is 9.84 Å². The van der Waals surface area contributed by atoms with E-state index in [4.69, 9.17) is 15.1 Å². The minimum atomic E-state index is -0.604. The van der Waals surface area contributed by atoms with Crippen molar-refractivity contribution in [2.45, 2.75) is 12.0 Å². The highest BCUT2D eigenvalue weighted by Crippen LogP contribution is 2.30. The maximum Gasteiger partial charge on any atom is 0.164 e. The minimum Gasteiger partial charge on any atom is -0.394 e. The molecule has 0 radical (unpaired) electrons. The van der Waals surface area contributed by atoms with Crippen LogP contribution >= 0.6 is 11.8 Å². The molecule has 0 amide bonds. The van der Waals surface area contributed by atoms with Crippen molar-refractivity contribution in [3.63, 3.8) is 0 Å². The Morgan fingerprint density at radius 3 is 3.00 bits per heavy atom. The van der Waals surface area contributed by atoms with Crippen LogP contribution in [0.5, 0.6) is 0 Å². The molecule has 1 fully saturated rings. The first-order valence-corrected chi connectivity index (χ1v) is 4.72. The van der Waals surface area contributed by atoms with Crippen molar-refractivity contribution >= 4 is 11.8 Å². The van der Waals surface area contributed by atoms with Gasteiger partial charge in [0.15, 0.2) is 5.60 Å². The molecule has 1 saturated heterocycles. The first-order valence-electron chi connectivity index (χ1n) is 3.57. The highest BCUT2D eigenvalue weighted by atomic mass is 32.2. The Hall–Kier alpha value is -0.240. The molecule has 11 heavy (non-hydrogen) atoms. The fourth-order valence-corrected chi connectivity index (χ4v) is 2.26. The van der Waals surface area contributed by atoms with Crippen molar-refractivity contribution in [3.05, 3.63) is 0 Å². The zero-order chi connectivity index (χ0) is 8.16. The fourth-order valence-electron chi connectivity index (χ4n) is 1.02. The summed E-state index contributed by atoms with van der Waals surface area (Å²) in [6, 6.07) is 2.16. The molecule has 1 aliphatic heterocycles. The van der Waals surface area contributed by atoms with Gasteiger partial charge >= 0.3 is 0 Å². The summed E-state index contributed by atoms with van der Waals surface area (Å²) in [6.07, 6.45) is 0.786. The van der Waals surface area contributed by atoms with Gasteiger partial charge in [0, 0.05) is 5.75 Å². The predicted molar refractivity (Wildman–Crippen MR) is 43.3 cm³/mol. The number of aliphatic hydroxyl groups is 1. The molecule has 1 unspecified atom stereocenters. The van der Waals surface area contributed by atoms with Crippen LogP contribution in [0.1, 0.15) is 6.42 Å². The topological polar surface area (TPSA) is 53.2 Å². The smallest absolute Gasteiger partial charge is 0.164 e. The number of hydrogen-bond donors (Lipinski definition) is 1. The molecule has 1 N–H and O–H groups in total. The van der Waals surface area contributed by atoms with E-state index in [1.165, 1.54) is 0 Å². The standard InChI is InChI=1S/C7H11NO2S/c8-5-7(10-3-2-9)1-4-11-6-7/h9H,1-4,6H2. The number of ether oxygens (including phenoxy) is 1.